The van der Waals surface area contributed by atoms with E-state index in [9.17, 15) is 14.4 Å². The first-order chi connectivity index (χ1) is 16.6. The lowest BCUT2D eigenvalue weighted by Gasteiger charge is -2.41. The smallest absolute Gasteiger partial charge is 0.256 e. The number of aromatic nitrogens is 2. The van der Waals surface area contributed by atoms with Crippen molar-refractivity contribution in [2.24, 2.45) is 5.41 Å². The van der Waals surface area contributed by atoms with Gasteiger partial charge < -0.3 is 19.9 Å². The van der Waals surface area contributed by atoms with Crippen LogP contribution in [-0.4, -0.2) is 57.2 Å². The number of rotatable bonds is 5. The standard InChI is InChI=1S/C27H33N5O3/c1-18(33)29-24(27(2,3)4)25(34)30-22-16-31(14-12-20(22)19-9-6-5-7-10-19)26(35)21-11-8-13-32-17-28-15-23(21)32/h5-11,13,15,17,20,22,24H,12,14,16H2,1-4H3,(H,29,33)(H,30,34)/t20-,22+,24+/m0/s1. The Kier molecular flexibility index (Phi) is 6.91. The molecule has 0 unspecified atom stereocenters. The van der Waals surface area contributed by atoms with Crippen LogP contribution < -0.4 is 10.6 Å². The van der Waals surface area contributed by atoms with Gasteiger partial charge in [-0.1, -0.05) is 51.1 Å². The molecule has 1 aliphatic rings. The molecule has 3 heterocycles. The van der Waals surface area contributed by atoms with E-state index in [1.54, 1.807) is 17.4 Å². The molecule has 35 heavy (non-hydrogen) atoms. The number of imidazole rings is 1. The number of nitrogens with one attached hydrogen (secondary N) is 2. The molecule has 0 aliphatic carbocycles. The van der Waals surface area contributed by atoms with Crippen molar-refractivity contribution in [2.75, 3.05) is 13.1 Å². The van der Waals surface area contributed by atoms with Crippen LogP contribution in [0.25, 0.3) is 5.52 Å². The van der Waals surface area contributed by atoms with Gasteiger partial charge >= 0.3 is 0 Å². The first-order valence-corrected chi connectivity index (χ1v) is 12.0. The third kappa shape index (κ3) is 5.37. The summed E-state index contributed by atoms with van der Waals surface area (Å²) in [6.07, 6.45) is 5.93. The Hall–Kier alpha value is -3.68. The van der Waals surface area contributed by atoms with Gasteiger partial charge in [0.25, 0.3) is 5.91 Å². The van der Waals surface area contributed by atoms with E-state index in [4.69, 9.17) is 0 Å². The average molecular weight is 476 g/mol. The SMILES string of the molecule is CC(=O)N[C@H](C(=O)N[C@@H]1CN(C(=O)c2cccn3cncc23)CC[C@H]1c1ccccc1)C(C)(C)C. The van der Waals surface area contributed by atoms with Crippen LogP contribution in [0.3, 0.4) is 0 Å². The Balaban J connectivity index is 1.61. The molecule has 4 rings (SSSR count). The number of hydrogen-bond acceptors (Lipinski definition) is 4. The normalized spacial score (nSPS) is 19.3. The lowest BCUT2D eigenvalue weighted by atomic mass is 9.83. The van der Waals surface area contributed by atoms with Gasteiger partial charge in [-0.2, -0.15) is 0 Å². The molecule has 3 aromatic rings. The monoisotopic (exact) mass is 475 g/mol. The summed E-state index contributed by atoms with van der Waals surface area (Å²) in [7, 11) is 0. The maximum atomic E-state index is 13.5. The molecular formula is C27H33N5O3. The molecule has 3 amide bonds. The third-order valence-corrected chi connectivity index (χ3v) is 6.61. The Morgan fingerprint density at radius 1 is 1.09 bits per heavy atom. The Morgan fingerprint density at radius 2 is 1.83 bits per heavy atom. The highest BCUT2D eigenvalue weighted by Crippen LogP contribution is 2.30. The lowest BCUT2D eigenvalue weighted by molar-refractivity contribution is -0.131. The Morgan fingerprint density at radius 3 is 2.51 bits per heavy atom. The molecule has 8 heteroatoms. The summed E-state index contributed by atoms with van der Waals surface area (Å²) in [6.45, 7) is 8.13. The van der Waals surface area contributed by atoms with Crippen molar-refractivity contribution in [3.05, 3.63) is 72.3 Å². The zero-order chi connectivity index (χ0) is 25.2. The fraction of sp³-hybridized carbons (Fsp3) is 0.407. The predicted octanol–water partition coefficient (Wildman–Crippen LogP) is 3.00. The average Bonchev–Trinajstić information content (AvgIpc) is 3.31. The minimum atomic E-state index is -0.692. The van der Waals surface area contributed by atoms with Crippen molar-refractivity contribution in [1.82, 2.24) is 24.9 Å². The summed E-state index contributed by atoms with van der Waals surface area (Å²) in [5, 5.41) is 5.98. The van der Waals surface area contributed by atoms with Gasteiger partial charge in [0.1, 0.15) is 6.04 Å². The molecular weight excluding hydrogens is 442 g/mol. The second-order valence-corrected chi connectivity index (χ2v) is 10.3. The van der Waals surface area contributed by atoms with Crippen molar-refractivity contribution in [3.63, 3.8) is 0 Å². The van der Waals surface area contributed by atoms with E-state index in [0.717, 1.165) is 11.1 Å². The maximum Gasteiger partial charge on any atom is 0.256 e. The van der Waals surface area contributed by atoms with Crippen LogP contribution in [0.15, 0.2) is 61.2 Å². The van der Waals surface area contributed by atoms with Crippen LogP contribution >= 0.6 is 0 Å². The summed E-state index contributed by atoms with van der Waals surface area (Å²) in [5.41, 5.74) is 1.98. The largest absolute Gasteiger partial charge is 0.349 e. The summed E-state index contributed by atoms with van der Waals surface area (Å²) in [4.78, 5) is 44.7. The van der Waals surface area contributed by atoms with Crippen molar-refractivity contribution < 1.29 is 14.4 Å². The molecule has 1 fully saturated rings. The number of piperidine rings is 1. The van der Waals surface area contributed by atoms with Gasteiger partial charge in [0.15, 0.2) is 0 Å². The van der Waals surface area contributed by atoms with Crippen LogP contribution in [0.4, 0.5) is 0 Å². The van der Waals surface area contributed by atoms with Crippen LogP contribution in [0.1, 0.15) is 56.0 Å². The molecule has 0 spiro atoms. The van der Waals surface area contributed by atoms with Gasteiger partial charge in [0, 0.05) is 32.1 Å². The van der Waals surface area contributed by atoms with Crippen LogP contribution in [-0.2, 0) is 9.59 Å². The molecule has 0 saturated carbocycles. The van der Waals surface area contributed by atoms with Crippen LogP contribution in [0, 0.1) is 5.41 Å². The first kappa shape index (κ1) is 24.4. The number of carbonyl (C=O) groups excluding carboxylic acids is 3. The van der Waals surface area contributed by atoms with Crippen LogP contribution in [0.2, 0.25) is 0 Å². The molecule has 2 aromatic heterocycles. The molecule has 2 N–H and O–H groups in total. The number of carbonyl (C=O) groups is 3. The van der Waals surface area contributed by atoms with E-state index >= 15 is 0 Å². The van der Waals surface area contributed by atoms with E-state index in [1.165, 1.54) is 6.92 Å². The third-order valence-electron chi connectivity index (χ3n) is 6.61. The highest BCUT2D eigenvalue weighted by atomic mass is 16.2. The maximum absolute atomic E-state index is 13.5. The minimum Gasteiger partial charge on any atom is -0.349 e. The molecule has 0 radical (unpaired) electrons. The summed E-state index contributed by atoms with van der Waals surface area (Å²) < 4.78 is 1.82. The summed E-state index contributed by atoms with van der Waals surface area (Å²) in [6, 6.07) is 12.7. The van der Waals surface area contributed by atoms with E-state index in [-0.39, 0.29) is 29.7 Å². The van der Waals surface area contributed by atoms with Gasteiger partial charge in [-0.25, -0.2) is 4.98 Å². The number of fused-ring (bicyclic) bond motifs is 1. The second kappa shape index (κ2) is 9.90. The number of nitrogens with zero attached hydrogens (tertiary/aromatic N) is 3. The lowest BCUT2D eigenvalue weighted by Crippen LogP contribution is -2.59. The zero-order valence-electron chi connectivity index (χ0n) is 20.7. The molecule has 0 bridgehead atoms. The van der Waals surface area contributed by atoms with E-state index < -0.39 is 11.5 Å². The molecule has 3 atom stereocenters. The van der Waals surface area contributed by atoms with Crippen molar-refractivity contribution in [3.8, 4) is 0 Å². The van der Waals surface area contributed by atoms with E-state index in [0.29, 0.717) is 25.1 Å². The summed E-state index contributed by atoms with van der Waals surface area (Å²) in [5.74, 6) is -0.538. The quantitative estimate of drug-likeness (QED) is 0.593. The number of pyridine rings is 1. The van der Waals surface area contributed by atoms with E-state index in [2.05, 4.69) is 27.8 Å². The fourth-order valence-electron chi connectivity index (χ4n) is 4.83. The molecule has 1 saturated heterocycles. The van der Waals surface area contributed by atoms with Crippen molar-refractivity contribution in [1.29, 1.82) is 0 Å². The number of likely N-dealkylation sites (tertiary alicyclic amines) is 1. The van der Waals surface area contributed by atoms with Crippen molar-refractivity contribution in [2.45, 2.75) is 52.1 Å². The molecule has 1 aliphatic heterocycles. The first-order valence-electron chi connectivity index (χ1n) is 12.0. The Bertz CT molecular complexity index is 1210. The fourth-order valence-corrected chi connectivity index (χ4v) is 4.83. The summed E-state index contributed by atoms with van der Waals surface area (Å²) >= 11 is 0. The second-order valence-electron chi connectivity index (χ2n) is 10.3. The van der Waals surface area contributed by atoms with Gasteiger partial charge in [0.05, 0.1) is 29.6 Å². The van der Waals surface area contributed by atoms with Crippen LogP contribution in [0.5, 0.6) is 0 Å². The van der Waals surface area contributed by atoms with Crippen molar-refractivity contribution >= 4 is 23.2 Å². The van der Waals surface area contributed by atoms with Gasteiger partial charge in [-0.3, -0.25) is 14.4 Å². The number of benzene rings is 1. The zero-order valence-corrected chi connectivity index (χ0v) is 20.7. The minimum absolute atomic E-state index is 0.0490. The van der Waals surface area contributed by atoms with Gasteiger partial charge in [-0.05, 0) is 29.5 Å². The number of amides is 3. The number of hydrogen-bond donors (Lipinski definition) is 2. The molecule has 184 valence electrons. The van der Waals surface area contributed by atoms with Gasteiger partial charge in [0.2, 0.25) is 11.8 Å². The highest BCUT2D eigenvalue weighted by Gasteiger charge is 2.38. The van der Waals surface area contributed by atoms with Gasteiger partial charge in [-0.15, -0.1) is 0 Å². The predicted molar refractivity (Wildman–Crippen MR) is 134 cm³/mol. The van der Waals surface area contributed by atoms with E-state index in [1.807, 2.05) is 61.7 Å². The molecule has 8 nitrogen and oxygen atoms in total. The topological polar surface area (TPSA) is 95.8 Å². The molecule has 1 aromatic carbocycles. The Labute approximate surface area is 205 Å². The highest BCUT2D eigenvalue weighted by molar-refractivity contribution is 6.00.